The molecule has 0 bridgehead atoms. The molecule has 31 heavy (non-hydrogen) atoms. The van der Waals surface area contributed by atoms with E-state index in [1.54, 1.807) is 36.2 Å². The molecule has 0 spiro atoms. The number of rotatable bonds is 3. The maximum absolute atomic E-state index is 13.0. The lowest BCUT2D eigenvalue weighted by atomic mass is 10.1. The number of benzene rings is 2. The van der Waals surface area contributed by atoms with Gasteiger partial charge >= 0.3 is 0 Å². The minimum Gasteiger partial charge on any atom is -0.336 e. The number of sulfonamides is 1. The second kappa shape index (κ2) is 9.02. The van der Waals surface area contributed by atoms with E-state index >= 15 is 0 Å². The zero-order chi connectivity index (χ0) is 21.3. The van der Waals surface area contributed by atoms with Gasteiger partial charge in [-0.1, -0.05) is 12.1 Å². The van der Waals surface area contributed by atoms with Crippen LogP contribution < -0.4 is 0 Å². The number of fused-ring (bicyclic) bond motifs is 1. The van der Waals surface area contributed by atoms with E-state index in [2.05, 4.69) is 4.98 Å². The Morgan fingerprint density at radius 2 is 1.81 bits per heavy atom. The molecule has 4 rings (SSSR count). The highest BCUT2D eigenvalue weighted by Crippen LogP contribution is 2.23. The Labute approximate surface area is 187 Å². The number of carbonyl (C=O) groups excluding carboxylic acids is 1. The van der Waals surface area contributed by atoms with Crippen LogP contribution in [-0.2, 0) is 10.0 Å². The van der Waals surface area contributed by atoms with Gasteiger partial charge in [0.2, 0.25) is 10.0 Å². The molecule has 1 fully saturated rings. The van der Waals surface area contributed by atoms with Crippen LogP contribution in [0.25, 0.3) is 10.9 Å². The molecule has 7 nitrogen and oxygen atoms in total. The van der Waals surface area contributed by atoms with Gasteiger partial charge in [-0.05, 0) is 48.9 Å². The number of aromatic nitrogens is 1. The predicted octanol–water partition coefficient (Wildman–Crippen LogP) is 2.98. The number of amides is 1. The zero-order valence-electron chi connectivity index (χ0n) is 16.9. The van der Waals surface area contributed by atoms with Crippen LogP contribution in [0.3, 0.4) is 0 Å². The summed E-state index contributed by atoms with van der Waals surface area (Å²) in [6.07, 6.45) is 1.69. The van der Waals surface area contributed by atoms with Crippen molar-refractivity contribution in [2.24, 2.45) is 0 Å². The van der Waals surface area contributed by atoms with Gasteiger partial charge < -0.3 is 4.90 Å². The smallest absolute Gasteiger partial charge is 0.254 e. The Morgan fingerprint density at radius 1 is 1.06 bits per heavy atom. The maximum atomic E-state index is 13.0. The first-order chi connectivity index (χ1) is 14.4. The summed E-state index contributed by atoms with van der Waals surface area (Å²) in [5.41, 5.74) is 2.25. The highest BCUT2D eigenvalue weighted by molar-refractivity contribution is 7.89. The fourth-order valence-electron chi connectivity index (χ4n) is 3.66. The molecule has 0 saturated carbocycles. The van der Waals surface area contributed by atoms with Crippen LogP contribution in [0.4, 0.5) is 0 Å². The fraction of sp³-hybridized carbons (Fsp3) is 0.227. The Hall–Kier alpha value is -2.99. The van der Waals surface area contributed by atoms with Gasteiger partial charge in [0.1, 0.15) is 0 Å². The lowest BCUT2D eigenvalue weighted by molar-refractivity contribution is 0.0698. The first-order valence-corrected chi connectivity index (χ1v) is 11.0. The topological polar surface area (TPSA) is 94.4 Å². The molecule has 3 aromatic rings. The third-order valence-corrected chi connectivity index (χ3v) is 7.36. The maximum Gasteiger partial charge on any atom is 0.254 e. The molecular formula is C22H21ClN4O3S. The van der Waals surface area contributed by atoms with E-state index in [1.807, 2.05) is 24.3 Å². The minimum atomic E-state index is -3.68. The molecule has 2 aromatic carbocycles. The van der Waals surface area contributed by atoms with Crippen molar-refractivity contribution in [2.45, 2.75) is 11.8 Å². The monoisotopic (exact) mass is 456 g/mol. The summed E-state index contributed by atoms with van der Waals surface area (Å²) in [5.74, 6) is -0.130. The summed E-state index contributed by atoms with van der Waals surface area (Å²) in [5, 5.41) is 9.95. The van der Waals surface area contributed by atoms with Crippen LogP contribution in [0.5, 0.6) is 0 Å². The van der Waals surface area contributed by atoms with Crippen molar-refractivity contribution in [1.82, 2.24) is 14.2 Å². The standard InChI is InChI=1S/C22H20N4O3S.ClH/c1-16-13-17(15-23)4-7-21(16)30(28,29)26-11-9-25(10-12-26)22(27)19-6-5-18-3-2-8-24-20(18)14-19;/h2-8,13-14H,9-12H2,1H3;1H. The van der Waals surface area contributed by atoms with E-state index in [0.717, 1.165) is 10.9 Å². The molecular weight excluding hydrogens is 436 g/mol. The molecule has 0 aliphatic carbocycles. The van der Waals surface area contributed by atoms with Gasteiger partial charge in [0.25, 0.3) is 5.91 Å². The average molecular weight is 457 g/mol. The van der Waals surface area contributed by atoms with E-state index in [4.69, 9.17) is 5.26 Å². The summed E-state index contributed by atoms with van der Waals surface area (Å²) in [4.78, 5) is 19.0. The number of pyridine rings is 1. The fourth-order valence-corrected chi connectivity index (χ4v) is 5.29. The highest BCUT2D eigenvalue weighted by atomic mass is 35.5. The van der Waals surface area contributed by atoms with E-state index in [1.165, 1.54) is 16.4 Å². The number of carbonyl (C=O) groups is 1. The van der Waals surface area contributed by atoms with Gasteiger partial charge in [-0.3, -0.25) is 9.78 Å². The number of aryl methyl sites for hydroxylation is 1. The van der Waals surface area contributed by atoms with Crippen molar-refractivity contribution in [3.05, 3.63) is 71.4 Å². The molecule has 0 N–H and O–H groups in total. The summed E-state index contributed by atoms with van der Waals surface area (Å²) in [6, 6.07) is 15.8. The number of piperazine rings is 1. The van der Waals surface area contributed by atoms with Gasteiger partial charge in [-0.2, -0.15) is 9.57 Å². The van der Waals surface area contributed by atoms with Crippen LogP contribution in [0.15, 0.2) is 59.6 Å². The van der Waals surface area contributed by atoms with Crippen molar-refractivity contribution in [1.29, 1.82) is 5.26 Å². The second-order valence-electron chi connectivity index (χ2n) is 7.20. The van der Waals surface area contributed by atoms with E-state index in [9.17, 15) is 13.2 Å². The average Bonchev–Trinajstić information content (AvgIpc) is 2.78. The second-order valence-corrected chi connectivity index (χ2v) is 9.11. The SMILES string of the molecule is Cc1cc(C#N)ccc1S(=O)(=O)N1CCN(C(=O)c2ccc3cccnc3c2)CC1.Cl. The summed E-state index contributed by atoms with van der Waals surface area (Å²) >= 11 is 0. The van der Waals surface area contributed by atoms with Gasteiger partial charge in [0.15, 0.2) is 0 Å². The van der Waals surface area contributed by atoms with Gasteiger partial charge in [-0.15, -0.1) is 12.4 Å². The first kappa shape index (κ1) is 22.7. The lowest BCUT2D eigenvalue weighted by Gasteiger charge is -2.34. The van der Waals surface area contributed by atoms with Crippen LogP contribution in [0.2, 0.25) is 0 Å². The van der Waals surface area contributed by atoms with Gasteiger partial charge in [-0.25, -0.2) is 8.42 Å². The Morgan fingerprint density at radius 3 is 2.48 bits per heavy atom. The quantitative estimate of drug-likeness (QED) is 0.603. The third-order valence-electron chi connectivity index (χ3n) is 5.30. The summed E-state index contributed by atoms with van der Waals surface area (Å²) in [7, 11) is -3.68. The van der Waals surface area contributed by atoms with Crippen LogP contribution >= 0.6 is 12.4 Å². The molecule has 0 unspecified atom stereocenters. The van der Waals surface area contributed by atoms with Gasteiger partial charge in [0, 0.05) is 43.3 Å². The molecule has 1 amide bonds. The number of nitrogens with zero attached hydrogens (tertiary/aromatic N) is 4. The molecule has 160 valence electrons. The molecule has 1 aliphatic heterocycles. The van der Waals surface area contributed by atoms with Crippen molar-refractivity contribution in [2.75, 3.05) is 26.2 Å². The van der Waals surface area contributed by atoms with Crippen LogP contribution in [0, 0.1) is 18.3 Å². The first-order valence-electron chi connectivity index (χ1n) is 9.55. The van der Waals surface area contributed by atoms with Crippen molar-refractivity contribution in [3.8, 4) is 6.07 Å². The molecule has 1 aromatic heterocycles. The van der Waals surface area contributed by atoms with Crippen molar-refractivity contribution >= 4 is 39.2 Å². The van der Waals surface area contributed by atoms with Crippen LogP contribution in [0.1, 0.15) is 21.5 Å². The predicted molar refractivity (Wildman–Crippen MR) is 120 cm³/mol. The molecule has 0 radical (unpaired) electrons. The molecule has 1 aliphatic rings. The molecule has 2 heterocycles. The normalized spacial score (nSPS) is 14.6. The number of nitriles is 1. The van der Waals surface area contributed by atoms with E-state index in [0.29, 0.717) is 29.8 Å². The molecule has 0 atom stereocenters. The summed E-state index contributed by atoms with van der Waals surface area (Å²) in [6.45, 7) is 2.75. The van der Waals surface area contributed by atoms with Crippen LogP contribution in [-0.4, -0.2) is 54.7 Å². The third kappa shape index (κ3) is 4.39. The Balaban J connectivity index is 0.00000272. The lowest BCUT2D eigenvalue weighted by Crippen LogP contribution is -2.50. The van der Waals surface area contributed by atoms with E-state index < -0.39 is 10.0 Å². The molecule has 9 heteroatoms. The Kier molecular flexibility index (Phi) is 6.60. The van der Waals surface area contributed by atoms with Crippen molar-refractivity contribution in [3.63, 3.8) is 0 Å². The van der Waals surface area contributed by atoms with Crippen molar-refractivity contribution < 1.29 is 13.2 Å². The van der Waals surface area contributed by atoms with E-state index in [-0.39, 0.29) is 36.3 Å². The van der Waals surface area contributed by atoms with Gasteiger partial charge in [0.05, 0.1) is 22.0 Å². The molecule has 1 saturated heterocycles. The Bertz CT molecular complexity index is 1280. The minimum absolute atomic E-state index is 0. The number of hydrogen-bond acceptors (Lipinski definition) is 5. The summed E-state index contributed by atoms with van der Waals surface area (Å²) < 4.78 is 27.5. The zero-order valence-corrected chi connectivity index (χ0v) is 18.5. The number of halogens is 1. The largest absolute Gasteiger partial charge is 0.336 e. The highest BCUT2D eigenvalue weighted by Gasteiger charge is 2.31. The number of hydrogen-bond donors (Lipinski definition) is 0.